The highest BCUT2D eigenvalue weighted by atomic mass is 32.1. The normalized spacial score (nSPS) is 18.4. The number of aromatic nitrogens is 1. The van der Waals surface area contributed by atoms with Gasteiger partial charge in [-0.3, -0.25) is 4.79 Å². The third kappa shape index (κ3) is 3.49. The van der Waals surface area contributed by atoms with Crippen molar-refractivity contribution in [2.75, 3.05) is 24.8 Å². The number of para-hydroxylation sites is 1. The predicted molar refractivity (Wildman–Crippen MR) is 109 cm³/mol. The summed E-state index contributed by atoms with van der Waals surface area (Å²) in [4.78, 5) is 19.6. The van der Waals surface area contributed by atoms with Gasteiger partial charge in [-0.05, 0) is 42.7 Å². The summed E-state index contributed by atoms with van der Waals surface area (Å²) in [6, 6.07) is 14.0. The number of fused-ring (bicyclic) bond motifs is 2. The van der Waals surface area contributed by atoms with Gasteiger partial charge in [0.2, 0.25) is 12.7 Å². The van der Waals surface area contributed by atoms with Gasteiger partial charge in [-0.15, -0.1) is 0 Å². The van der Waals surface area contributed by atoms with Crippen LogP contribution in [0.25, 0.3) is 10.2 Å². The van der Waals surface area contributed by atoms with Crippen LogP contribution in [0.3, 0.4) is 0 Å². The molecule has 2 aliphatic rings. The predicted octanol–water partition coefficient (Wildman–Crippen LogP) is 3.35. The number of rotatable bonds is 4. The first-order valence-corrected chi connectivity index (χ1v) is 10.3. The minimum Gasteiger partial charge on any atom is -0.454 e. The fraction of sp³-hybridized carbons (Fsp3) is 0.333. The van der Waals surface area contributed by atoms with Gasteiger partial charge < -0.3 is 19.7 Å². The van der Waals surface area contributed by atoms with Crippen LogP contribution in [-0.2, 0) is 11.2 Å². The van der Waals surface area contributed by atoms with Crippen LogP contribution in [0.1, 0.15) is 18.4 Å². The van der Waals surface area contributed by atoms with E-state index in [2.05, 4.69) is 16.3 Å². The SMILES string of the molecule is O=C(Cc1ccc2c(c1)OCO2)NC1CCCN(c2nc3ccccc3s2)C1. The first kappa shape index (κ1) is 17.3. The zero-order valence-corrected chi connectivity index (χ0v) is 16.2. The van der Waals surface area contributed by atoms with Crippen LogP contribution in [0.15, 0.2) is 42.5 Å². The van der Waals surface area contributed by atoms with Gasteiger partial charge >= 0.3 is 0 Å². The molecule has 0 bridgehead atoms. The molecule has 0 saturated carbocycles. The van der Waals surface area contributed by atoms with Gasteiger partial charge in [0.15, 0.2) is 16.6 Å². The van der Waals surface area contributed by atoms with Crippen LogP contribution >= 0.6 is 11.3 Å². The van der Waals surface area contributed by atoms with E-state index in [0.717, 1.165) is 47.9 Å². The summed E-state index contributed by atoms with van der Waals surface area (Å²) in [5.74, 6) is 1.49. The summed E-state index contributed by atoms with van der Waals surface area (Å²) in [6.07, 6.45) is 2.38. The molecule has 3 heterocycles. The Morgan fingerprint density at radius 1 is 1.21 bits per heavy atom. The third-order valence-corrected chi connectivity index (χ3v) is 6.24. The topological polar surface area (TPSA) is 63.7 Å². The Morgan fingerprint density at radius 3 is 3.04 bits per heavy atom. The molecule has 7 heteroatoms. The summed E-state index contributed by atoms with van der Waals surface area (Å²) in [5, 5.41) is 4.23. The van der Waals surface area contributed by atoms with Crippen molar-refractivity contribution in [1.29, 1.82) is 0 Å². The maximum atomic E-state index is 12.6. The zero-order valence-electron chi connectivity index (χ0n) is 15.4. The van der Waals surface area contributed by atoms with E-state index in [9.17, 15) is 4.79 Å². The lowest BCUT2D eigenvalue weighted by Crippen LogP contribution is -2.48. The molecule has 144 valence electrons. The molecule has 0 radical (unpaired) electrons. The molecule has 1 unspecified atom stereocenters. The van der Waals surface area contributed by atoms with Crippen LogP contribution in [0.4, 0.5) is 5.13 Å². The number of anilines is 1. The second kappa shape index (κ2) is 7.31. The number of nitrogens with one attached hydrogen (secondary N) is 1. The van der Waals surface area contributed by atoms with Crippen LogP contribution in [0.2, 0.25) is 0 Å². The average molecular weight is 395 g/mol. The quantitative estimate of drug-likeness (QED) is 0.734. The van der Waals surface area contributed by atoms with Gasteiger partial charge in [0.1, 0.15) is 0 Å². The minimum atomic E-state index is 0.0371. The monoisotopic (exact) mass is 395 g/mol. The fourth-order valence-electron chi connectivity index (χ4n) is 3.78. The Balaban J connectivity index is 1.22. The molecule has 0 spiro atoms. The number of thiazole rings is 1. The lowest BCUT2D eigenvalue weighted by atomic mass is 10.1. The van der Waals surface area contributed by atoms with Crippen LogP contribution in [-0.4, -0.2) is 36.8 Å². The Morgan fingerprint density at radius 2 is 2.11 bits per heavy atom. The highest BCUT2D eigenvalue weighted by molar-refractivity contribution is 7.22. The van der Waals surface area contributed by atoms with Crippen LogP contribution in [0.5, 0.6) is 11.5 Å². The van der Waals surface area contributed by atoms with E-state index in [1.165, 1.54) is 4.70 Å². The number of benzene rings is 2. The van der Waals surface area contributed by atoms with E-state index in [0.29, 0.717) is 12.2 Å². The Bertz CT molecular complexity index is 986. The van der Waals surface area contributed by atoms with Crippen molar-refractivity contribution in [2.24, 2.45) is 0 Å². The number of nitrogens with zero attached hydrogens (tertiary/aromatic N) is 2. The van der Waals surface area contributed by atoms with E-state index < -0.39 is 0 Å². The standard InChI is InChI=1S/C21H21N3O3S/c25-20(11-14-7-8-17-18(10-14)27-13-26-17)22-15-4-3-9-24(12-15)21-23-16-5-1-2-6-19(16)28-21/h1-2,5-8,10,15H,3-4,9,11-13H2,(H,22,25). The maximum absolute atomic E-state index is 12.6. The molecule has 2 aliphatic heterocycles. The molecule has 1 saturated heterocycles. The number of hydrogen-bond acceptors (Lipinski definition) is 6. The fourth-order valence-corrected chi connectivity index (χ4v) is 4.78. The number of carbonyl (C=O) groups is 1. The lowest BCUT2D eigenvalue weighted by Gasteiger charge is -2.33. The maximum Gasteiger partial charge on any atom is 0.231 e. The third-order valence-electron chi connectivity index (χ3n) is 5.14. The molecule has 1 aromatic heterocycles. The van der Waals surface area contributed by atoms with Crippen LogP contribution in [0, 0.1) is 0 Å². The first-order chi connectivity index (χ1) is 13.7. The minimum absolute atomic E-state index is 0.0371. The Labute approximate surface area is 167 Å². The smallest absolute Gasteiger partial charge is 0.231 e. The molecular weight excluding hydrogens is 374 g/mol. The molecule has 28 heavy (non-hydrogen) atoms. The number of amides is 1. The van der Waals surface area contributed by atoms with Crippen molar-refractivity contribution in [2.45, 2.75) is 25.3 Å². The van der Waals surface area contributed by atoms with Crippen molar-refractivity contribution in [3.05, 3.63) is 48.0 Å². The number of hydrogen-bond donors (Lipinski definition) is 1. The van der Waals surface area contributed by atoms with Gasteiger partial charge in [-0.2, -0.15) is 0 Å². The first-order valence-electron chi connectivity index (χ1n) is 9.53. The molecule has 5 rings (SSSR count). The number of ether oxygens (including phenoxy) is 2. The van der Waals surface area contributed by atoms with Crippen molar-refractivity contribution in [3.63, 3.8) is 0 Å². The van der Waals surface area contributed by atoms with E-state index in [-0.39, 0.29) is 18.7 Å². The summed E-state index contributed by atoms with van der Waals surface area (Å²) < 4.78 is 11.9. The van der Waals surface area contributed by atoms with Crippen LogP contribution < -0.4 is 19.7 Å². The van der Waals surface area contributed by atoms with E-state index in [4.69, 9.17) is 14.5 Å². The van der Waals surface area contributed by atoms with Gasteiger partial charge in [0.25, 0.3) is 0 Å². The molecule has 1 fully saturated rings. The molecular formula is C21H21N3O3S. The van der Waals surface area contributed by atoms with Gasteiger partial charge in [0, 0.05) is 19.1 Å². The molecule has 6 nitrogen and oxygen atoms in total. The second-order valence-electron chi connectivity index (χ2n) is 7.18. The molecule has 1 atom stereocenters. The second-order valence-corrected chi connectivity index (χ2v) is 8.19. The highest BCUT2D eigenvalue weighted by Gasteiger charge is 2.24. The molecule has 1 N–H and O–H groups in total. The van der Waals surface area contributed by atoms with Crippen molar-refractivity contribution in [3.8, 4) is 11.5 Å². The lowest BCUT2D eigenvalue weighted by molar-refractivity contribution is -0.121. The number of piperidine rings is 1. The molecule has 1 amide bonds. The number of carbonyl (C=O) groups excluding carboxylic acids is 1. The summed E-state index contributed by atoms with van der Waals surface area (Å²) >= 11 is 1.72. The van der Waals surface area contributed by atoms with Crippen molar-refractivity contribution >= 4 is 32.6 Å². The highest BCUT2D eigenvalue weighted by Crippen LogP contribution is 2.33. The van der Waals surface area contributed by atoms with E-state index in [1.54, 1.807) is 11.3 Å². The summed E-state index contributed by atoms with van der Waals surface area (Å²) in [5.41, 5.74) is 1.97. The van der Waals surface area contributed by atoms with Gasteiger partial charge in [-0.25, -0.2) is 4.98 Å². The van der Waals surface area contributed by atoms with Gasteiger partial charge in [0.05, 0.1) is 16.6 Å². The summed E-state index contributed by atoms with van der Waals surface area (Å²) in [7, 11) is 0. The molecule has 2 aromatic carbocycles. The molecule has 0 aliphatic carbocycles. The Hall–Kier alpha value is -2.80. The summed E-state index contributed by atoms with van der Waals surface area (Å²) in [6.45, 7) is 2.02. The van der Waals surface area contributed by atoms with Crippen molar-refractivity contribution < 1.29 is 14.3 Å². The average Bonchev–Trinajstić information content (AvgIpc) is 3.34. The molecule has 3 aromatic rings. The van der Waals surface area contributed by atoms with E-state index in [1.807, 2.05) is 36.4 Å². The zero-order chi connectivity index (χ0) is 18.9. The Kier molecular flexibility index (Phi) is 4.52. The van der Waals surface area contributed by atoms with Crippen molar-refractivity contribution in [1.82, 2.24) is 10.3 Å². The largest absolute Gasteiger partial charge is 0.454 e. The van der Waals surface area contributed by atoms with E-state index >= 15 is 0 Å². The van der Waals surface area contributed by atoms with Gasteiger partial charge in [-0.1, -0.05) is 29.5 Å².